The molecule has 0 aromatic carbocycles. The van der Waals surface area contributed by atoms with E-state index in [9.17, 15) is 9.59 Å². The summed E-state index contributed by atoms with van der Waals surface area (Å²) in [5.74, 6) is 0.703. The van der Waals surface area contributed by atoms with Crippen LogP contribution in [0.2, 0.25) is 0 Å². The first-order valence-corrected chi connectivity index (χ1v) is 10.9. The van der Waals surface area contributed by atoms with E-state index in [1.165, 1.54) is 24.2 Å². The van der Waals surface area contributed by atoms with Gasteiger partial charge in [-0.1, -0.05) is 18.9 Å². The van der Waals surface area contributed by atoms with E-state index in [-0.39, 0.29) is 17.9 Å². The lowest BCUT2D eigenvalue weighted by Gasteiger charge is -2.40. The van der Waals surface area contributed by atoms with Crippen LogP contribution in [-0.2, 0) is 9.53 Å². The summed E-state index contributed by atoms with van der Waals surface area (Å²) in [6, 6.07) is 3.74. The predicted octanol–water partition coefficient (Wildman–Crippen LogP) is 2.22. The molecule has 1 saturated carbocycles. The van der Waals surface area contributed by atoms with Crippen LogP contribution in [0.1, 0.15) is 41.8 Å². The highest BCUT2D eigenvalue weighted by Crippen LogP contribution is 2.31. The second-order valence-corrected chi connectivity index (χ2v) is 8.38. The number of hydrogen-bond donors (Lipinski definition) is 1. The molecule has 2 aliphatic rings. The third-order valence-corrected chi connectivity index (χ3v) is 6.52. The highest BCUT2D eigenvalue weighted by molar-refractivity contribution is 7.12. The van der Waals surface area contributed by atoms with Crippen LogP contribution in [0.25, 0.3) is 0 Å². The number of carbonyl (C=O) groups excluding carboxylic acids is 2. The molecule has 150 valence electrons. The van der Waals surface area contributed by atoms with Gasteiger partial charge in [0.05, 0.1) is 10.9 Å². The average molecular weight is 394 g/mol. The molecule has 6 nitrogen and oxygen atoms in total. The number of methoxy groups -OCH3 is 1. The number of rotatable bonds is 8. The summed E-state index contributed by atoms with van der Waals surface area (Å²) in [6.07, 6.45) is 5.53. The first-order valence-electron chi connectivity index (χ1n) is 10.0. The monoisotopic (exact) mass is 393 g/mol. The molecule has 7 heteroatoms. The minimum absolute atomic E-state index is 0.0611. The van der Waals surface area contributed by atoms with E-state index in [2.05, 4.69) is 10.2 Å². The van der Waals surface area contributed by atoms with E-state index >= 15 is 0 Å². The van der Waals surface area contributed by atoms with Crippen LogP contribution in [0.4, 0.5) is 0 Å². The third-order valence-electron chi connectivity index (χ3n) is 5.67. The normalized spacial score (nSPS) is 20.0. The van der Waals surface area contributed by atoms with E-state index in [0.717, 1.165) is 37.2 Å². The summed E-state index contributed by atoms with van der Waals surface area (Å²) in [6.45, 7) is 4.24. The van der Waals surface area contributed by atoms with Gasteiger partial charge in [-0.2, -0.15) is 0 Å². The lowest BCUT2D eigenvalue weighted by molar-refractivity contribution is -0.129. The van der Waals surface area contributed by atoms with Crippen molar-refractivity contribution in [2.75, 3.05) is 46.4 Å². The quantitative estimate of drug-likeness (QED) is 0.688. The van der Waals surface area contributed by atoms with Crippen LogP contribution in [0.15, 0.2) is 17.5 Å². The first kappa shape index (κ1) is 20.3. The van der Waals surface area contributed by atoms with Crippen molar-refractivity contribution >= 4 is 23.2 Å². The zero-order chi connectivity index (χ0) is 19.1. The van der Waals surface area contributed by atoms with E-state index in [1.54, 1.807) is 7.11 Å². The van der Waals surface area contributed by atoms with Gasteiger partial charge in [0, 0.05) is 46.4 Å². The minimum Gasteiger partial charge on any atom is -0.385 e. The van der Waals surface area contributed by atoms with Gasteiger partial charge < -0.3 is 15.0 Å². The van der Waals surface area contributed by atoms with Gasteiger partial charge in [-0.15, -0.1) is 11.3 Å². The second-order valence-electron chi connectivity index (χ2n) is 7.43. The maximum Gasteiger partial charge on any atom is 0.264 e. The second kappa shape index (κ2) is 10.2. The van der Waals surface area contributed by atoms with Crippen molar-refractivity contribution in [3.05, 3.63) is 22.4 Å². The molecule has 1 aromatic rings. The maximum atomic E-state index is 12.9. The Morgan fingerprint density at radius 3 is 2.63 bits per heavy atom. The fourth-order valence-electron chi connectivity index (χ4n) is 4.24. The van der Waals surface area contributed by atoms with Crippen LogP contribution in [0.3, 0.4) is 0 Å². The van der Waals surface area contributed by atoms with E-state index in [1.807, 2.05) is 22.4 Å². The number of hydrogen-bond acceptors (Lipinski definition) is 5. The Kier molecular flexibility index (Phi) is 7.67. The molecule has 1 unspecified atom stereocenters. The fraction of sp³-hybridized carbons (Fsp3) is 0.700. The summed E-state index contributed by atoms with van der Waals surface area (Å²) in [5.41, 5.74) is 0. The van der Waals surface area contributed by atoms with E-state index < -0.39 is 0 Å². The molecule has 1 atom stereocenters. The predicted molar refractivity (Wildman–Crippen MR) is 107 cm³/mol. The largest absolute Gasteiger partial charge is 0.385 e. The Bertz CT molecular complexity index is 594. The van der Waals surface area contributed by atoms with Crippen molar-refractivity contribution in [1.82, 2.24) is 15.1 Å². The lowest BCUT2D eigenvalue weighted by atomic mass is 9.95. The molecule has 3 rings (SSSR count). The molecule has 0 spiro atoms. The molecule has 1 N–H and O–H groups in total. The van der Waals surface area contributed by atoms with Gasteiger partial charge in [0.2, 0.25) is 5.91 Å². The SMILES string of the molecule is COCCCNC(=O)C(C1CCCC1)N1CCN(C(=O)c2cccs2)CC1. The number of piperazine rings is 1. The topological polar surface area (TPSA) is 61.9 Å². The van der Waals surface area contributed by atoms with Gasteiger partial charge in [-0.25, -0.2) is 0 Å². The van der Waals surface area contributed by atoms with Crippen molar-refractivity contribution < 1.29 is 14.3 Å². The number of carbonyl (C=O) groups is 2. The van der Waals surface area contributed by atoms with Crippen molar-refractivity contribution in [2.45, 2.75) is 38.1 Å². The molecule has 0 bridgehead atoms. The van der Waals surface area contributed by atoms with Crippen LogP contribution in [-0.4, -0.2) is 74.1 Å². The standard InChI is InChI=1S/C20H31N3O3S/c1-26-14-5-9-21-19(24)18(16-6-2-3-7-16)22-10-12-23(13-11-22)20(25)17-8-4-15-27-17/h4,8,15-16,18H,2-3,5-7,9-14H2,1H3,(H,21,24). The smallest absolute Gasteiger partial charge is 0.264 e. The zero-order valence-electron chi connectivity index (χ0n) is 16.2. The Balaban J connectivity index is 1.57. The highest BCUT2D eigenvalue weighted by atomic mass is 32.1. The molecule has 2 amide bonds. The van der Waals surface area contributed by atoms with Crippen molar-refractivity contribution in [2.24, 2.45) is 5.92 Å². The highest BCUT2D eigenvalue weighted by Gasteiger charge is 2.37. The third kappa shape index (κ3) is 5.30. The Morgan fingerprint density at radius 1 is 1.26 bits per heavy atom. The Labute approximate surface area is 165 Å². The molecule has 2 heterocycles. The van der Waals surface area contributed by atoms with Crippen LogP contribution in [0, 0.1) is 5.92 Å². The number of nitrogens with one attached hydrogen (secondary N) is 1. The molecule has 1 aromatic heterocycles. The number of ether oxygens (including phenoxy) is 1. The lowest BCUT2D eigenvalue weighted by Crippen LogP contribution is -2.58. The van der Waals surface area contributed by atoms with Crippen molar-refractivity contribution in [1.29, 1.82) is 0 Å². The molecule has 2 fully saturated rings. The summed E-state index contributed by atoms with van der Waals surface area (Å²) in [5, 5.41) is 5.05. The van der Waals surface area contributed by atoms with Gasteiger partial charge in [0.15, 0.2) is 0 Å². The summed E-state index contributed by atoms with van der Waals surface area (Å²) in [7, 11) is 1.68. The van der Waals surface area contributed by atoms with E-state index in [4.69, 9.17) is 4.74 Å². The molecule has 27 heavy (non-hydrogen) atoms. The molecular weight excluding hydrogens is 362 g/mol. The molecular formula is C20H31N3O3S. The number of amides is 2. The summed E-state index contributed by atoms with van der Waals surface area (Å²) >= 11 is 1.49. The zero-order valence-corrected chi connectivity index (χ0v) is 17.0. The summed E-state index contributed by atoms with van der Waals surface area (Å²) < 4.78 is 5.07. The number of nitrogens with zero attached hydrogens (tertiary/aromatic N) is 2. The van der Waals surface area contributed by atoms with Gasteiger partial charge in [0.1, 0.15) is 0 Å². The molecule has 0 radical (unpaired) electrons. The van der Waals surface area contributed by atoms with Crippen LogP contribution < -0.4 is 5.32 Å². The van der Waals surface area contributed by atoms with Gasteiger partial charge in [-0.05, 0) is 36.6 Å². The van der Waals surface area contributed by atoms with Crippen LogP contribution >= 0.6 is 11.3 Å². The molecule has 1 saturated heterocycles. The number of thiophene rings is 1. The molecule has 1 aliphatic carbocycles. The van der Waals surface area contributed by atoms with Crippen molar-refractivity contribution in [3.63, 3.8) is 0 Å². The van der Waals surface area contributed by atoms with Gasteiger partial charge in [0.25, 0.3) is 5.91 Å². The van der Waals surface area contributed by atoms with E-state index in [0.29, 0.717) is 32.2 Å². The molecule has 1 aliphatic heterocycles. The van der Waals surface area contributed by atoms with Gasteiger partial charge in [-0.3, -0.25) is 14.5 Å². The first-order chi connectivity index (χ1) is 13.2. The average Bonchev–Trinajstić information content (AvgIpc) is 3.40. The maximum absolute atomic E-state index is 12.9. The Morgan fingerprint density at radius 2 is 2.00 bits per heavy atom. The van der Waals surface area contributed by atoms with Gasteiger partial charge >= 0.3 is 0 Å². The fourth-order valence-corrected chi connectivity index (χ4v) is 4.93. The van der Waals surface area contributed by atoms with Crippen LogP contribution in [0.5, 0.6) is 0 Å². The summed E-state index contributed by atoms with van der Waals surface area (Å²) in [4.78, 5) is 30.5. The van der Waals surface area contributed by atoms with Crippen molar-refractivity contribution in [3.8, 4) is 0 Å². The minimum atomic E-state index is -0.0611. The Hall–Kier alpha value is -1.44.